The van der Waals surface area contributed by atoms with Gasteiger partial charge in [0, 0.05) is 25.4 Å². The molecule has 3 saturated carbocycles. The van der Waals surface area contributed by atoms with E-state index >= 15 is 0 Å². The van der Waals surface area contributed by atoms with Crippen LogP contribution in [0.25, 0.3) is 0 Å². The van der Waals surface area contributed by atoms with E-state index in [1.165, 1.54) is 18.4 Å². The van der Waals surface area contributed by atoms with Crippen LogP contribution in [0.4, 0.5) is 0 Å². The first kappa shape index (κ1) is 20.0. The van der Waals surface area contributed by atoms with Crippen LogP contribution in [0.2, 0.25) is 0 Å². The van der Waals surface area contributed by atoms with Gasteiger partial charge in [0.2, 0.25) is 23.6 Å². The molecule has 5 aliphatic carbocycles. The maximum Gasteiger partial charge on any atom is 0.233 e. The van der Waals surface area contributed by atoms with Gasteiger partial charge in [-0.25, -0.2) is 0 Å². The van der Waals surface area contributed by atoms with Crippen LogP contribution in [0.5, 0.6) is 0 Å². The Hall–Kier alpha value is -1.98. The van der Waals surface area contributed by atoms with Crippen molar-refractivity contribution >= 4 is 23.6 Å². The molecular formula is C24H32N2O4. The summed E-state index contributed by atoms with van der Waals surface area (Å²) in [4.78, 5) is 52.1. The largest absolute Gasteiger partial charge is 0.285 e. The summed E-state index contributed by atoms with van der Waals surface area (Å²) in [6.45, 7) is 4.47. The third kappa shape index (κ3) is 2.54. The lowest BCUT2D eigenvalue weighted by Gasteiger charge is -2.44. The number of allylic oxidation sites excluding steroid dienone is 2. The normalized spacial score (nSPS) is 45.2. The van der Waals surface area contributed by atoms with Crippen LogP contribution in [0.3, 0.4) is 0 Å². The van der Waals surface area contributed by atoms with Gasteiger partial charge in [-0.1, -0.05) is 31.9 Å². The number of nitrogens with zero attached hydrogens (tertiary/aromatic N) is 2. The smallest absolute Gasteiger partial charge is 0.233 e. The summed E-state index contributed by atoms with van der Waals surface area (Å²) < 4.78 is 0. The maximum absolute atomic E-state index is 12.5. The van der Waals surface area contributed by atoms with Gasteiger partial charge in [-0.05, 0) is 43.9 Å². The van der Waals surface area contributed by atoms with Crippen LogP contribution >= 0.6 is 0 Å². The van der Waals surface area contributed by atoms with E-state index in [0.717, 1.165) is 22.7 Å². The van der Waals surface area contributed by atoms with E-state index in [-0.39, 0.29) is 35.5 Å². The molecule has 0 N–H and O–H groups in total. The van der Waals surface area contributed by atoms with Gasteiger partial charge < -0.3 is 0 Å². The van der Waals surface area contributed by atoms with E-state index in [1.807, 2.05) is 12.2 Å². The molecule has 7 aliphatic rings. The Morgan fingerprint density at radius 3 is 1.70 bits per heavy atom. The van der Waals surface area contributed by atoms with Crippen molar-refractivity contribution in [1.29, 1.82) is 0 Å². The van der Waals surface area contributed by atoms with Crippen LogP contribution in [0.15, 0.2) is 12.2 Å². The fourth-order valence-corrected chi connectivity index (χ4v) is 7.63. The third-order valence-electron chi connectivity index (χ3n) is 9.05. The van der Waals surface area contributed by atoms with E-state index in [9.17, 15) is 19.2 Å². The molecule has 0 spiro atoms. The quantitative estimate of drug-likeness (QED) is 0.516. The van der Waals surface area contributed by atoms with Crippen molar-refractivity contribution in [1.82, 2.24) is 9.80 Å². The molecule has 7 rings (SSSR count). The summed E-state index contributed by atoms with van der Waals surface area (Å²) >= 11 is 0. The summed E-state index contributed by atoms with van der Waals surface area (Å²) in [5, 5.41) is 0. The molecular weight excluding hydrogens is 380 g/mol. The predicted molar refractivity (Wildman–Crippen MR) is 109 cm³/mol. The van der Waals surface area contributed by atoms with Gasteiger partial charge in [-0.2, -0.15) is 0 Å². The lowest BCUT2D eigenvalue weighted by atomic mass is 9.54. The monoisotopic (exact) mass is 412 g/mol. The molecule has 30 heavy (non-hydrogen) atoms. The Balaban J connectivity index is 0.000000178. The SMILES string of the molecule is CCC1CC2CCC1C2.CCN1C(=O)C2C3C=CC(C4C(=O)N(C)C(=O)C34)C2C1=O. The molecule has 2 aliphatic heterocycles. The lowest BCUT2D eigenvalue weighted by Crippen LogP contribution is -2.50. The van der Waals surface area contributed by atoms with E-state index in [4.69, 9.17) is 0 Å². The number of amides is 4. The van der Waals surface area contributed by atoms with Gasteiger partial charge in [0.25, 0.3) is 0 Å². The first-order valence-electron chi connectivity index (χ1n) is 11.7. The van der Waals surface area contributed by atoms with E-state index in [2.05, 4.69) is 6.92 Å². The Kier molecular flexibility index (Phi) is 4.67. The minimum absolute atomic E-state index is 0.180. The van der Waals surface area contributed by atoms with Crippen molar-refractivity contribution < 1.29 is 19.2 Å². The van der Waals surface area contributed by atoms with E-state index in [1.54, 1.807) is 32.6 Å². The Morgan fingerprint density at radius 1 is 0.800 bits per heavy atom. The topological polar surface area (TPSA) is 74.8 Å². The minimum Gasteiger partial charge on any atom is -0.285 e. The molecule has 4 amide bonds. The molecule has 0 aromatic rings. The minimum atomic E-state index is -0.465. The molecule has 5 fully saturated rings. The van der Waals surface area contributed by atoms with E-state index in [0.29, 0.717) is 6.54 Å². The highest BCUT2D eigenvalue weighted by Gasteiger charge is 2.67. The molecule has 0 radical (unpaired) electrons. The highest BCUT2D eigenvalue weighted by Crippen LogP contribution is 2.57. The standard InChI is InChI=1S/C15H16N2O4.C9H16/c1-3-17-14(20)10-6-4-5-7(11(10)15(17)21)9-8(6)12(18)16(2)13(9)19;1-2-8-5-7-3-4-9(8)6-7/h4-11H,3H2,1-2H3;7-9H,2-6H2,1H3. The number of rotatable bonds is 2. The average molecular weight is 413 g/mol. The zero-order chi connectivity index (χ0) is 21.3. The molecule has 6 heteroatoms. The molecule has 4 bridgehead atoms. The number of carbonyl (C=O) groups excluding carboxylic acids is 4. The Bertz CT molecular complexity index is 785. The summed E-state index contributed by atoms with van der Waals surface area (Å²) in [6.07, 6.45) is 11.5. The number of imide groups is 2. The van der Waals surface area contributed by atoms with Crippen molar-refractivity contribution in [3.63, 3.8) is 0 Å². The highest BCUT2D eigenvalue weighted by molar-refractivity contribution is 6.10. The van der Waals surface area contributed by atoms with Crippen molar-refractivity contribution in [2.24, 2.45) is 53.3 Å². The second kappa shape index (κ2) is 7.03. The zero-order valence-electron chi connectivity index (χ0n) is 18.1. The van der Waals surface area contributed by atoms with Gasteiger partial charge in [-0.15, -0.1) is 0 Å². The zero-order valence-corrected chi connectivity index (χ0v) is 18.1. The fourth-order valence-electron chi connectivity index (χ4n) is 7.63. The molecule has 0 aromatic carbocycles. The molecule has 162 valence electrons. The number of hydrogen-bond acceptors (Lipinski definition) is 4. The Labute approximate surface area is 178 Å². The van der Waals surface area contributed by atoms with Crippen LogP contribution in [0, 0.1) is 53.3 Å². The van der Waals surface area contributed by atoms with Crippen LogP contribution in [0.1, 0.15) is 46.0 Å². The van der Waals surface area contributed by atoms with Gasteiger partial charge in [0.15, 0.2) is 0 Å². The first-order chi connectivity index (χ1) is 14.4. The van der Waals surface area contributed by atoms with Crippen molar-refractivity contribution in [3.8, 4) is 0 Å². The fraction of sp³-hybridized carbons (Fsp3) is 0.750. The molecule has 0 aromatic heterocycles. The number of fused-ring (bicyclic) bond motifs is 2. The molecule has 2 saturated heterocycles. The third-order valence-corrected chi connectivity index (χ3v) is 9.05. The van der Waals surface area contributed by atoms with Gasteiger partial charge in [0.1, 0.15) is 0 Å². The van der Waals surface area contributed by atoms with E-state index < -0.39 is 23.7 Å². The first-order valence-corrected chi connectivity index (χ1v) is 11.7. The Morgan fingerprint density at radius 2 is 1.33 bits per heavy atom. The van der Waals surface area contributed by atoms with Gasteiger partial charge >= 0.3 is 0 Å². The van der Waals surface area contributed by atoms with Crippen molar-refractivity contribution in [3.05, 3.63) is 12.2 Å². The number of likely N-dealkylation sites (tertiary alicyclic amines) is 2. The number of hydrogen-bond donors (Lipinski definition) is 0. The average Bonchev–Trinajstić information content (AvgIpc) is 3.50. The second-order valence-corrected chi connectivity index (χ2v) is 10.1. The second-order valence-electron chi connectivity index (χ2n) is 10.1. The number of carbonyl (C=O) groups is 4. The molecule has 9 unspecified atom stereocenters. The predicted octanol–water partition coefficient (Wildman–Crippen LogP) is 2.49. The molecule has 9 atom stereocenters. The lowest BCUT2D eigenvalue weighted by molar-refractivity contribution is -0.139. The van der Waals surface area contributed by atoms with Crippen molar-refractivity contribution in [2.45, 2.75) is 46.0 Å². The summed E-state index contributed by atoms with van der Waals surface area (Å²) in [5.41, 5.74) is 0. The van der Waals surface area contributed by atoms with Crippen LogP contribution < -0.4 is 0 Å². The maximum atomic E-state index is 12.5. The van der Waals surface area contributed by atoms with Crippen LogP contribution in [-0.4, -0.2) is 47.0 Å². The summed E-state index contributed by atoms with van der Waals surface area (Å²) in [5.74, 6) is 0.159. The van der Waals surface area contributed by atoms with Gasteiger partial charge in [0.05, 0.1) is 23.7 Å². The summed E-state index contributed by atoms with van der Waals surface area (Å²) in [6, 6.07) is 0. The molecule has 6 nitrogen and oxygen atoms in total. The van der Waals surface area contributed by atoms with Crippen molar-refractivity contribution in [2.75, 3.05) is 13.6 Å². The van der Waals surface area contributed by atoms with Crippen LogP contribution in [-0.2, 0) is 19.2 Å². The summed E-state index contributed by atoms with van der Waals surface area (Å²) in [7, 11) is 1.49. The van der Waals surface area contributed by atoms with Gasteiger partial charge in [-0.3, -0.25) is 29.0 Å². The molecule has 2 heterocycles. The highest BCUT2D eigenvalue weighted by atomic mass is 16.2.